The van der Waals surface area contributed by atoms with Crippen LogP contribution in [0.2, 0.25) is 0 Å². The minimum Gasteiger partial charge on any atom is -0.310 e. The monoisotopic (exact) mass is 296 g/mol. The molecule has 1 aromatic carbocycles. The number of aromatic nitrogens is 2. The quantitative estimate of drug-likeness (QED) is 0.852. The molecule has 1 heterocycles. The number of carbonyl (C=O) groups excluding carboxylic acids is 1. The predicted molar refractivity (Wildman–Crippen MR) is 85.4 cm³/mol. The van der Waals surface area contributed by atoms with Crippen LogP contribution in [0.3, 0.4) is 0 Å². The molecule has 0 saturated heterocycles. The van der Waals surface area contributed by atoms with E-state index in [9.17, 15) is 4.79 Å². The maximum atomic E-state index is 12.9. The summed E-state index contributed by atoms with van der Waals surface area (Å²) in [5.74, 6) is -0.0624. The number of anilines is 1. The predicted octanol–water partition coefficient (Wildman–Crippen LogP) is 3.01. The molecular formula is C17H20N4O. The smallest absolute Gasteiger partial charge is 0.251 e. The summed E-state index contributed by atoms with van der Waals surface area (Å²) in [7, 11) is 0. The Hall–Kier alpha value is -2.61. The normalized spacial score (nSPS) is 11.7. The number of carbonyl (C=O) groups is 1. The summed E-state index contributed by atoms with van der Waals surface area (Å²) in [4.78, 5) is 14.5. The molecule has 114 valence electrons. The zero-order chi connectivity index (χ0) is 16.1. The number of nitrogens with zero attached hydrogens (tertiary/aromatic N) is 4. The number of amides is 1. The molecule has 1 unspecified atom stereocenters. The Morgan fingerprint density at radius 1 is 1.36 bits per heavy atom. The van der Waals surface area contributed by atoms with E-state index in [4.69, 9.17) is 5.26 Å². The van der Waals surface area contributed by atoms with Gasteiger partial charge in [-0.15, -0.1) is 0 Å². The molecule has 0 aliphatic heterocycles. The minimum atomic E-state index is -0.410. The first-order chi connectivity index (χ1) is 10.5. The number of aryl methyl sites for hydroxylation is 2. The summed E-state index contributed by atoms with van der Waals surface area (Å²) < 4.78 is 1.74. The lowest BCUT2D eigenvalue weighted by Gasteiger charge is -2.25. The van der Waals surface area contributed by atoms with Crippen LogP contribution in [0.25, 0.3) is 0 Å². The van der Waals surface area contributed by atoms with Gasteiger partial charge in [-0.2, -0.15) is 10.4 Å². The Balaban J connectivity index is 2.29. The van der Waals surface area contributed by atoms with Crippen LogP contribution in [0.15, 0.2) is 36.4 Å². The van der Waals surface area contributed by atoms with E-state index < -0.39 is 6.04 Å². The first kappa shape index (κ1) is 15.8. The number of rotatable bonds is 5. The van der Waals surface area contributed by atoms with Gasteiger partial charge in [-0.3, -0.25) is 9.48 Å². The van der Waals surface area contributed by atoms with Crippen LogP contribution in [-0.2, 0) is 4.79 Å². The highest BCUT2D eigenvalue weighted by molar-refractivity contribution is 5.95. The van der Waals surface area contributed by atoms with Crippen LogP contribution in [0.5, 0.6) is 0 Å². The van der Waals surface area contributed by atoms with E-state index in [-0.39, 0.29) is 5.91 Å². The standard InChI is InChI=1S/C17H20N4O/c1-13-12-14(2)21(19-13)15(3)17(22)20(11-7-10-18)16-8-5-4-6-9-16/h4-6,8-9,12,15H,7,11H2,1-3H3. The molecule has 0 bridgehead atoms. The molecule has 1 atom stereocenters. The second kappa shape index (κ2) is 6.90. The molecule has 22 heavy (non-hydrogen) atoms. The van der Waals surface area contributed by atoms with Gasteiger partial charge in [0.15, 0.2) is 0 Å². The van der Waals surface area contributed by atoms with Crippen molar-refractivity contribution in [3.8, 4) is 6.07 Å². The fourth-order valence-corrected chi connectivity index (χ4v) is 2.50. The van der Waals surface area contributed by atoms with Crippen molar-refractivity contribution >= 4 is 11.6 Å². The second-order valence-electron chi connectivity index (χ2n) is 5.28. The lowest BCUT2D eigenvalue weighted by Crippen LogP contribution is -2.37. The van der Waals surface area contributed by atoms with Gasteiger partial charge < -0.3 is 4.90 Å². The van der Waals surface area contributed by atoms with Crippen molar-refractivity contribution in [2.75, 3.05) is 11.4 Å². The van der Waals surface area contributed by atoms with Crippen LogP contribution in [-0.4, -0.2) is 22.2 Å². The average Bonchev–Trinajstić information content (AvgIpc) is 2.86. The lowest BCUT2D eigenvalue weighted by molar-refractivity contribution is -0.121. The Labute approximate surface area is 130 Å². The Bertz CT molecular complexity index is 684. The first-order valence-corrected chi connectivity index (χ1v) is 7.30. The highest BCUT2D eigenvalue weighted by Crippen LogP contribution is 2.20. The molecule has 0 fully saturated rings. The van der Waals surface area contributed by atoms with Crippen LogP contribution >= 0.6 is 0 Å². The van der Waals surface area contributed by atoms with Crippen molar-refractivity contribution in [3.63, 3.8) is 0 Å². The number of hydrogen-bond acceptors (Lipinski definition) is 3. The third kappa shape index (κ3) is 3.34. The third-order valence-electron chi connectivity index (χ3n) is 3.55. The summed E-state index contributed by atoms with van der Waals surface area (Å²) in [5.41, 5.74) is 2.64. The van der Waals surface area contributed by atoms with Gasteiger partial charge in [0.2, 0.25) is 0 Å². The summed E-state index contributed by atoms with van der Waals surface area (Å²) >= 11 is 0. The average molecular weight is 296 g/mol. The van der Waals surface area contributed by atoms with Gasteiger partial charge in [0.05, 0.1) is 18.2 Å². The first-order valence-electron chi connectivity index (χ1n) is 7.30. The molecular weight excluding hydrogens is 276 g/mol. The molecule has 0 aliphatic carbocycles. The van der Waals surface area contributed by atoms with Gasteiger partial charge in [0.25, 0.3) is 5.91 Å². The largest absolute Gasteiger partial charge is 0.310 e. The molecule has 5 heteroatoms. The molecule has 2 aromatic rings. The van der Waals surface area contributed by atoms with Crippen molar-refractivity contribution in [3.05, 3.63) is 47.8 Å². The van der Waals surface area contributed by atoms with Crippen LogP contribution in [0.1, 0.15) is 30.8 Å². The molecule has 0 aliphatic rings. The zero-order valence-corrected chi connectivity index (χ0v) is 13.2. The van der Waals surface area contributed by atoms with Crippen molar-refractivity contribution in [2.45, 2.75) is 33.2 Å². The number of benzene rings is 1. The Morgan fingerprint density at radius 2 is 2.05 bits per heavy atom. The van der Waals surface area contributed by atoms with Gasteiger partial charge in [0.1, 0.15) is 6.04 Å². The number of hydrogen-bond donors (Lipinski definition) is 0. The highest BCUT2D eigenvalue weighted by atomic mass is 16.2. The number of nitriles is 1. The molecule has 1 amide bonds. The lowest BCUT2D eigenvalue weighted by atomic mass is 10.2. The van der Waals surface area contributed by atoms with Crippen molar-refractivity contribution in [1.29, 1.82) is 5.26 Å². The van der Waals surface area contributed by atoms with Gasteiger partial charge in [-0.25, -0.2) is 0 Å². The van der Waals surface area contributed by atoms with Crippen molar-refractivity contribution in [2.24, 2.45) is 0 Å². The minimum absolute atomic E-state index is 0.0624. The summed E-state index contributed by atoms with van der Waals surface area (Å²) in [6.07, 6.45) is 0.296. The Morgan fingerprint density at radius 3 is 2.59 bits per heavy atom. The molecule has 5 nitrogen and oxygen atoms in total. The maximum Gasteiger partial charge on any atom is 0.251 e. The topological polar surface area (TPSA) is 61.9 Å². The number of para-hydroxylation sites is 1. The maximum absolute atomic E-state index is 12.9. The molecule has 2 rings (SSSR count). The van der Waals surface area contributed by atoms with Crippen molar-refractivity contribution < 1.29 is 4.79 Å². The Kier molecular flexibility index (Phi) is 4.95. The summed E-state index contributed by atoms with van der Waals surface area (Å²) in [6, 6.07) is 13.1. The molecule has 0 radical (unpaired) electrons. The summed E-state index contributed by atoms with van der Waals surface area (Å²) in [6.45, 7) is 6.06. The van der Waals surface area contributed by atoms with E-state index in [1.807, 2.05) is 57.2 Å². The zero-order valence-electron chi connectivity index (χ0n) is 13.2. The van der Waals surface area contributed by atoms with Gasteiger partial charge >= 0.3 is 0 Å². The van der Waals surface area contributed by atoms with E-state index in [2.05, 4.69) is 11.2 Å². The fourth-order valence-electron chi connectivity index (χ4n) is 2.50. The molecule has 0 saturated carbocycles. The molecule has 0 spiro atoms. The van der Waals surface area contributed by atoms with Gasteiger partial charge in [0, 0.05) is 17.9 Å². The second-order valence-corrected chi connectivity index (χ2v) is 5.28. The SMILES string of the molecule is Cc1cc(C)n(C(C)C(=O)N(CCC#N)c2ccccc2)n1. The van der Waals surface area contributed by atoms with Crippen molar-refractivity contribution in [1.82, 2.24) is 9.78 Å². The van der Waals surface area contributed by atoms with E-state index in [1.54, 1.807) is 9.58 Å². The van der Waals surface area contributed by atoms with Crippen LogP contribution in [0.4, 0.5) is 5.69 Å². The van der Waals surface area contributed by atoms with E-state index in [1.165, 1.54) is 0 Å². The highest BCUT2D eigenvalue weighted by Gasteiger charge is 2.24. The summed E-state index contributed by atoms with van der Waals surface area (Å²) in [5, 5.41) is 13.2. The van der Waals surface area contributed by atoms with E-state index >= 15 is 0 Å². The third-order valence-corrected chi connectivity index (χ3v) is 3.55. The molecule has 1 aromatic heterocycles. The van der Waals surface area contributed by atoms with E-state index in [0.29, 0.717) is 13.0 Å². The van der Waals surface area contributed by atoms with E-state index in [0.717, 1.165) is 17.1 Å². The van der Waals surface area contributed by atoms with Crippen LogP contribution in [0, 0.1) is 25.2 Å². The van der Waals surface area contributed by atoms with Gasteiger partial charge in [-0.1, -0.05) is 18.2 Å². The molecule has 0 N–H and O–H groups in total. The van der Waals surface area contributed by atoms with Crippen LogP contribution < -0.4 is 4.90 Å². The fraction of sp³-hybridized carbons (Fsp3) is 0.353. The van der Waals surface area contributed by atoms with Gasteiger partial charge in [-0.05, 0) is 39.0 Å².